The Morgan fingerprint density at radius 3 is 2.83 bits per heavy atom. The standard InChI is InChI=1S/C10H15N3O4S/c1-17-10(16)7-9(11)12-4-5(13-7)8(15)6(14)2-3-18/h4,6,8,14-15,18H,2-3H2,1H3,(H2,11,12). The van der Waals surface area contributed by atoms with Crippen LogP contribution in [0.4, 0.5) is 5.82 Å². The largest absolute Gasteiger partial charge is 0.464 e. The van der Waals surface area contributed by atoms with E-state index < -0.39 is 18.2 Å². The SMILES string of the molecule is COC(=O)c1nc(C(O)C(O)CCS)cnc1N. The summed E-state index contributed by atoms with van der Waals surface area (Å²) in [5, 5.41) is 19.4. The second-order valence-electron chi connectivity index (χ2n) is 3.54. The van der Waals surface area contributed by atoms with E-state index in [-0.39, 0.29) is 23.6 Å². The summed E-state index contributed by atoms with van der Waals surface area (Å²) < 4.78 is 4.48. The maximum atomic E-state index is 11.3. The van der Waals surface area contributed by atoms with Gasteiger partial charge in [-0.3, -0.25) is 0 Å². The highest BCUT2D eigenvalue weighted by atomic mass is 32.1. The van der Waals surface area contributed by atoms with E-state index in [1.807, 2.05) is 0 Å². The number of esters is 1. The number of nitrogens with two attached hydrogens (primary N) is 1. The number of rotatable bonds is 5. The normalized spacial score (nSPS) is 14.0. The van der Waals surface area contributed by atoms with Crippen molar-refractivity contribution in [2.45, 2.75) is 18.6 Å². The Bertz CT molecular complexity index is 430. The van der Waals surface area contributed by atoms with Gasteiger partial charge in [0.2, 0.25) is 0 Å². The quantitative estimate of drug-likeness (QED) is 0.424. The Morgan fingerprint density at radius 1 is 1.61 bits per heavy atom. The number of aliphatic hydroxyl groups excluding tert-OH is 2. The molecular weight excluding hydrogens is 258 g/mol. The topological polar surface area (TPSA) is 119 Å². The van der Waals surface area contributed by atoms with Crippen molar-refractivity contribution in [1.29, 1.82) is 0 Å². The summed E-state index contributed by atoms with van der Waals surface area (Å²) in [6.07, 6.45) is -0.808. The lowest BCUT2D eigenvalue weighted by Crippen LogP contribution is -2.22. The van der Waals surface area contributed by atoms with Crippen molar-refractivity contribution in [3.8, 4) is 0 Å². The second kappa shape index (κ2) is 6.53. The summed E-state index contributed by atoms with van der Waals surface area (Å²) in [5.74, 6) is -0.441. The first kappa shape index (κ1) is 14.7. The van der Waals surface area contributed by atoms with Crippen LogP contribution < -0.4 is 5.73 Å². The minimum atomic E-state index is -1.26. The molecule has 4 N–H and O–H groups in total. The lowest BCUT2D eigenvalue weighted by molar-refractivity contribution is 0.0142. The number of hydrogen-bond acceptors (Lipinski definition) is 8. The van der Waals surface area contributed by atoms with Gasteiger partial charge in [-0.15, -0.1) is 0 Å². The minimum absolute atomic E-state index is 0.0545. The van der Waals surface area contributed by atoms with E-state index >= 15 is 0 Å². The average molecular weight is 273 g/mol. The smallest absolute Gasteiger partial charge is 0.360 e. The van der Waals surface area contributed by atoms with Gasteiger partial charge in [-0.2, -0.15) is 12.6 Å². The molecular formula is C10H15N3O4S. The Labute approximate surface area is 109 Å². The summed E-state index contributed by atoms with van der Waals surface area (Å²) in [5.41, 5.74) is 5.34. The van der Waals surface area contributed by atoms with Crippen LogP contribution in [-0.4, -0.2) is 45.1 Å². The molecule has 1 aromatic heterocycles. The van der Waals surface area contributed by atoms with Crippen molar-refractivity contribution in [2.75, 3.05) is 18.6 Å². The molecule has 0 aliphatic heterocycles. The zero-order valence-corrected chi connectivity index (χ0v) is 10.7. The maximum Gasteiger partial charge on any atom is 0.360 e. The molecule has 2 atom stereocenters. The van der Waals surface area contributed by atoms with Crippen LogP contribution in [0.5, 0.6) is 0 Å². The third-order valence-corrected chi connectivity index (χ3v) is 2.55. The van der Waals surface area contributed by atoms with Gasteiger partial charge in [0.05, 0.1) is 25.1 Å². The number of aliphatic hydroxyl groups is 2. The van der Waals surface area contributed by atoms with Crippen molar-refractivity contribution in [1.82, 2.24) is 9.97 Å². The van der Waals surface area contributed by atoms with Gasteiger partial charge < -0.3 is 20.7 Å². The molecule has 1 heterocycles. The summed E-state index contributed by atoms with van der Waals surface area (Å²) in [4.78, 5) is 18.9. The van der Waals surface area contributed by atoms with Crippen molar-refractivity contribution in [2.24, 2.45) is 0 Å². The van der Waals surface area contributed by atoms with E-state index in [0.717, 1.165) is 0 Å². The number of hydrogen-bond donors (Lipinski definition) is 4. The van der Waals surface area contributed by atoms with Crippen molar-refractivity contribution in [3.63, 3.8) is 0 Å². The second-order valence-corrected chi connectivity index (χ2v) is 3.99. The molecule has 18 heavy (non-hydrogen) atoms. The molecule has 0 spiro atoms. The van der Waals surface area contributed by atoms with Crippen LogP contribution >= 0.6 is 12.6 Å². The van der Waals surface area contributed by atoms with E-state index in [1.54, 1.807) is 0 Å². The fourth-order valence-corrected chi connectivity index (χ4v) is 1.55. The van der Waals surface area contributed by atoms with Gasteiger partial charge in [-0.1, -0.05) is 0 Å². The van der Waals surface area contributed by atoms with Crippen molar-refractivity contribution in [3.05, 3.63) is 17.6 Å². The molecule has 0 aromatic carbocycles. The van der Waals surface area contributed by atoms with E-state index in [1.165, 1.54) is 13.3 Å². The number of carbonyl (C=O) groups is 1. The number of ether oxygens (including phenoxy) is 1. The Kier molecular flexibility index (Phi) is 5.32. The maximum absolute atomic E-state index is 11.3. The molecule has 0 aliphatic carbocycles. The highest BCUT2D eigenvalue weighted by Gasteiger charge is 2.22. The highest BCUT2D eigenvalue weighted by Crippen LogP contribution is 2.19. The minimum Gasteiger partial charge on any atom is -0.464 e. The molecule has 0 aliphatic rings. The first-order chi connectivity index (χ1) is 8.51. The number of methoxy groups -OCH3 is 1. The highest BCUT2D eigenvalue weighted by molar-refractivity contribution is 7.80. The Hall–Kier alpha value is -1.38. The van der Waals surface area contributed by atoms with Gasteiger partial charge in [0.15, 0.2) is 11.5 Å². The van der Waals surface area contributed by atoms with E-state index in [2.05, 4.69) is 27.3 Å². The van der Waals surface area contributed by atoms with Crippen LogP contribution in [-0.2, 0) is 4.74 Å². The molecule has 1 rings (SSSR count). The lowest BCUT2D eigenvalue weighted by Gasteiger charge is -2.16. The number of anilines is 1. The lowest BCUT2D eigenvalue weighted by atomic mass is 10.1. The number of aromatic nitrogens is 2. The molecule has 0 radical (unpaired) electrons. The molecule has 1 aromatic rings. The first-order valence-electron chi connectivity index (χ1n) is 5.19. The number of nitrogens with zero attached hydrogens (tertiary/aromatic N) is 2. The van der Waals surface area contributed by atoms with Gasteiger partial charge in [0.25, 0.3) is 0 Å². The number of thiol groups is 1. The van der Waals surface area contributed by atoms with Gasteiger partial charge in [0.1, 0.15) is 6.10 Å². The fraction of sp³-hybridized carbons (Fsp3) is 0.500. The summed E-state index contributed by atoms with van der Waals surface area (Å²) >= 11 is 3.95. The fourth-order valence-electron chi connectivity index (χ4n) is 1.29. The zero-order valence-electron chi connectivity index (χ0n) is 9.78. The molecule has 7 nitrogen and oxygen atoms in total. The number of nitrogen functional groups attached to an aromatic ring is 1. The van der Waals surface area contributed by atoms with Crippen LogP contribution in [0.3, 0.4) is 0 Å². The third-order valence-electron chi connectivity index (χ3n) is 2.29. The van der Waals surface area contributed by atoms with Gasteiger partial charge >= 0.3 is 5.97 Å². The van der Waals surface area contributed by atoms with Crippen LogP contribution in [0, 0.1) is 0 Å². The van der Waals surface area contributed by atoms with Crippen LogP contribution in [0.1, 0.15) is 28.7 Å². The predicted octanol–water partition coefficient (Wildman–Crippen LogP) is -0.440. The van der Waals surface area contributed by atoms with E-state index in [0.29, 0.717) is 5.75 Å². The summed E-state index contributed by atoms with van der Waals surface area (Å²) in [6, 6.07) is 0. The molecule has 0 saturated heterocycles. The van der Waals surface area contributed by atoms with E-state index in [4.69, 9.17) is 5.73 Å². The molecule has 100 valence electrons. The van der Waals surface area contributed by atoms with Gasteiger partial charge in [-0.25, -0.2) is 14.8 Å². The van der Waals surface area contributed by atoms with Crippen molar-refractivity contribution < 1.29 is 19.7 Å². The molecule has 0 amide bonds. The monoisotopic (exact) mass is 273 g/mol. The van der Waals surface area contributed by atoms with Crippen LogP contribution in [0.2, 0.25) is 0 Å². The molecule has 2 unspecified atom stereocenters. The van der Waals surface area contributed by atoms with Crippen molar-refractivity contribution >= 4 is 24.4 Å². The average Bonchev–Trinajstić information content (AvgIpc) is 2.38. The molecule has 0 saturated carbocycles. The van der Waals surface area contributed by atoms with Gasteiger partial charge in [-0.05, 0) is 12.2 Å². The third kappa shape index (κ3) is 3.31. The van der Waals surface area contributed by atoms with Gasteiger partial charge in [0, 0.05) is 0 Å². The Balaban J connectivity index is 3.00. The van der Waals surface area contributed by atoms with Crippen LogP contribution in [0.25, 0.3) is 0 Å². The molecule has 0 fully saturated rings. The summed E-state index contributed by atoms with van der Waals surface area (Å²) in [6.45, 7) is 0. The number of carbonyl (C=O) groups excluding carboxylic acids is 1. The molecule has 0 bridgehead atoms. The molecule has 8 heteroatoms. The van der Waals surface area contributed by atoms with Crippen LogP contribution in [0.15, 0.2) is 6.20 Å². The summed E-state index contributed by atoms with van der Waals surface area (Å²) in [7, 11) is 1.18. The predicted molar refractivity (Wildman–Crippen MR) is 67.2 cm³/mol. The first-order valence-corrected chi connectivity index (χ1v) is 5.82. The zero-order chi connectivity index (χ0) is 13.7. The Morgan fingerprint density at radius 2 is 2.28 bits per heavy atom. The van der Waals surface area contributed by atoms with E-state index in [9.17, 15) is 15.0 Å².